The molecule has 0 saturated carbocycles. The molecule has 4 heteroatoms. The summed E-state index contributed by atoms with van der Waals surface area (Å²) in [5, 5.41) is 0. The maximum absolute atomic E-state index is 11.2. The van der Waals surface area contributed by atoms with E-state index in [0.29, 0.717) is 5.56 Å². The first-order valence-electron chi connectivity index (χ1n) is 3.54. The summed E-state index contributed by atoms with van der Waals surface area (Å²) in [5.74, 6) is -0.241. The summed E-state index contributed by atoms with van der Waals surface area (Å²) in [6, 6.07) is 1.77. The molecule has 0 radical (unpaired) electrons. The smallest absolute Gasteiger partial charge is 0.340 e. The quantitative estimate of drug-likeness (QED) is 0.503. The van der Waals surface area contributed by atoms with E-state index in [1.165, 1.54) is 15.0 Å². The highest BCUT2D eigenvalue weighted by Crippen LogP contribution is 2.26. The van der Waals surface area contributed by atoms with Gasteiger partial charge in [0.2, 0.25) is 0 Å². The molecule has 1 aliphatic heterocycles. The summed E-state index contributed by atoms with van der Waals surface area (Å²) >= 11 is 0.252. The van der Waals surface area contributed by atoms with E-state index in [9.17, 15) is 4.79 Å². The number of hydrogen-bond donors (Lipinski definition) is 1. The summed E-state index contributed by atoms with van der Waals surface area (Å²) in [6.07, 6.45) is 1.79. The minimum Gasteiger partial charge on any atom is -0.465 e. The molecule has 1 aromatic heterocycles. The Labute approximate surface area is 79.9 Å². The highest BCUT2D eigenvalue weighted by Gasteiger charge is 2.20. The summed E-state index contributed by atoms with van der Waals surface area (Å²) < 4.78 is 7.29. The summed E-state index contributed by atoms with van der Waals surface area (Å²) in [4.78, 5) is 14.3. The van der Waals surface area contributed by atoms with Crippen molar-refractivity contribution in [3.63, 3.8) is 0 Å². The molecule has 0 saturated heterocycles. The molecule has 0 aromatic carbocycles. The molecule has 1 aliphatic rings. The van der Waals surface area contributed by atoms with Gasteiger partial charge in [-0.1, -0.05) is 0 Å². The Balaban J connectivity index is 2.36. The molecular formula is C8H8INO2. The van der Waals surface area contributed by atoms with Crippen LogP contribution in [0.15, 0.2) is 12.3 Å². The fourth-order valence-electron chi connectivity index (χ4n) is 1.04. The third kappa shape index (κ3) is 1.31. The van der Waals surface area contributed by atoms with Crippen molar-refractivity contribution in [2.45, 2.75) is 0 Å². The minimum absolute atomic E-state index is 0.241. The zero-order valence-corrected chi connectivity index (χ0v) is 8.71. The molecule has 1 aromatic rings. The van der Waals surface area contributed by atoms with Crippen molar-refractivity contribution in [1.82, 2.24) is 4.98 Å². The summed E-state index contributed by atoms with van der Waals surface area (Å²) in [5.41, 5.74) is 1.69. The lowest BCUT2D eigenvalue weighted by atomic mass is 10.2. The first-order chi connectivity index (χ1) is 5.83. The van der Waals surface area contributed by atoms with Gasteiger partial charge in [0.1, 0.15) is 0 Å². The molecule has 0 bridgehead atoms. The van der Waals surface area contributed by atoms with Crippen molar-refractivity contribution in [2.75, 3.05) is 11.5 Å². The van der Waals surface area contributed by atoms with Crippen molar-refractivity contribution in [2.24, 2.45) is 0 Å². The van der Waals surface area contributed by atoms with E-state index in [1.54, 1.807) is 12.3 Å². The maximum Gasteiger partial charge on any atom is 0.340 e. The molecule has 12 heavy (non-hydrogen) atoms. The van der Waals surface area contributed by atoms with Crippen molar-refractivity contribution >= 4 is 30.2 Å². The van der Waals surface area contributed by atoms with Gasteiger partial charge in [0.25, 0.3) is 0 Å². The van der Waals surface area contributed by atoms with E-state index in [2.05, 4.69) is 9.72 Å². The Kier molecular flexibility index (Phi) is 2.00. The average molecular weight is 277 g/mol. The van der Waals surface area contributed by atoms with Gasteiger partial charge < -0.3 is 9.72 Å². The molecular weight excluding hydrogens is 269 g/mol. The number of carbonyl (C=O) groups excluding carboxylic acids is 1. The fraction of sp³-hybridized carbons (Fsp3) is 0.250. The molecule has 0 unspecified atom stereocenters. The fourth-order valence-corrected chi connectivity index (χ4v) is 2.44. The number of halogens is 1. The van der Waals surface area contributed by atoms with Crippen LogP contribution in [0.5, 0.6) is 0 Å². The number of alkyl halides is 1. The molecule has 0 amide bonds. The van der Waals surface area contributed by atoms with Gasteiger partial charge in [-0.3, -0.25) is 0 Å². The van der Waals surface area contributed by atoms with Crippen LogP contribution >= 0.6 is 20.7 Å². The summed E-state index contributed by atoms with van der Waals surface area (Å²) in [6.45, 7) is 0. The van der Waals surface area contributed by atoms with E-state index in [1.807, 2.05) is 0 Å². The Morgan fingerprint density at radius 3 is 3.08 bits per heavy atom. The molecule has 0 atom stereocenters. The monoisotopic (exact) mass is 277 g/mol. The molecule has 0 spiro atoms. The number of nitrogens with one attached hydrogen (secondary N) is 1. The lowest BCUT2D eigenvalue weighted by Gasteiger charge is -1.96. The number of methoxy groups -OCH3 is 1. The third-order valence-corrected chi connectivity index (χ3v) is 3.76. The second kappa shape index (κ2) is 3.01. The van der Waals surface area contributed by atoms with Crippen LogP contribution in [0.4, 0.5) is 0 Å². The van der Waals surface area contributed by atoms with Gasteiger partial charge in [-0.2, -0.15) is 0 Å². The molecule has 1 N–H and O–H groups in total. The standard InChI is InChI=1S/C8H8INO2/c1-12-8(11)5-2-3-10-7(5)6-4-9-6/h2-3,10H,4H2,1H3. The van der Waals surface area contributed by atoms with E-state index in [0.717, 1.165) is 5.69 Å². The second-order valence-corrected chi connectivity index (χ2v) is 5.26. The zero-order chi connectivity index (χ0) is 8.55. The highest BCUT2D eigenvalue weighted by molar-refractivity contribution is 14.2. The van der Waals surface area contributed by atoms with Gasteiger partial charge in [-0.25, -0.2) is 4.79 Å². The van der Waals surface area contributed by atoms with Crippen molar-refractivity contribution < 1.29 is 9.53 Å². The molecule has 2 heterocycles. The maximum atomic E-state index is 11.2. The van der Waals surface area contributed by atoms with Crippen molar-refractivity contribution in [1.29, 1.82) is 0 Å². The number of hydrogen-bond acceptors (Lipinski definition) is 2. The topological polar surface area (TPSA) is 42.1 Å². The van der Waals surface area contributed by atoms with Crippen LogP contribution in [0.25, 0.3) is 0 Å². The first kappa shape index (κ1) is 7.97. The second-order valence-electron chi connectivity index (χ2n) is 2.43. The normalized spacial score (nSPS) is 14.6. The van der Waals surface area contributed by atoms with E-state index in [4.69, 9.17) is 0 Å². The number of aromatic nitrogens is 1. The number of carbonyl (C=O) groups is 1. The van der Waals surface area contributed by atoms with Gasteiger partial charge in [0.05, 0.1) is 18.4 Å². The Hall–Kier alpha value is -0.650. The van der Waals surface area contributed by atoms with Crippen LogP contribution in [0.2, 0.25) is 0 Å². The minimum atomic E-state index is -0.241. The first-order valence-corrected chi connectivity index (χ1v) is 6.14. The molecule has 3 nitrogen and oxygen atoms in total. The van der Waals surface area contributed by atoms with Gasteiger partial charge in [0.15, 0.2) is 0 Å². The SMILES string of the molecule is COC(=O)c1cc[nH]c1C1=IC1. The lowest BCUT2D eigenvalue weighted by Crippen LogP contribution is -2.04. The van der Waals surface area contributed by atoms with E-state index >= 15 is 0 Å². The number of rotatable bonds is 2. The Bertz CT molecular complexity index is 354. The molecule has 64 valence electrons. The predicted octanol–water partition coefficient (Wildman–Crippen LogP) is 1.31. The highest BCUT2D eigenvalue weighted by atomic mass is 127. The van der Waals surface area contributed by atoms with Gasteiger partial charge in [0, 0.05) is 14.1 Å². The Morgan fingerprint density at radius 2 is 2.50 bits per heavy atom. The van der Waals surface area contributed by atoms with Crippen LogP contribution in [-0.4, -0.2) is 26.0 Å². The third-order valence-electron chi connectivity index (χ3n) is 1.69. The van der Waals surface area contributed by atoms with Crippen molar-refractivity contribution in [3.8, 4) is 0 Å². The van der Waals surface area contributed by atoms with Crippen molar-refractivity contribution in [3.05, 3.63) is 23.5 Å². The van der Waals surface area contributed by atoms with Gasteiger partial charge in [-0.05, 0) is 6.07 Å². The van der Waals surface area contributed by atoms with Crippen LogP contribution in [0, 0.1) is 0 Å². The summed E-state index contributed by atoms with van der Waals surface area (Å²) in [7, 11) is 1.41. The lowest BCUT2D eigenvalue weighted by molar-refractivity contribution is 0.0601. The van der Waals surface area contributed by atoms with Gasteiger partial charge >= 0.3 is 5.97 Å². The van der Waals surface area contributed by atoms with Crippen LogP contribution < -0.4 is 0 Å². The van der Waals surface area contributed by atoms with E-state index in [-0.39, 0.29) is 26.7 Å². The van der Waals surface area contributed by atoms with Crippen LogP contribution in [0.3, 0.4) is 0 Å². The predicted molar refractivity (Wildman–Crippen MR) is 55.1 cm³/mol. The van der Waals surface area contributed by atoms with E-state index < -0.39 is 0 Å². The number of esters is 1. The van der Waals surface area contributed by atoms with Crippen LogP contribution in [0.1, 0.15) is 16.1 Å². The largest absolute Gasteiger partial charge is 0.465 e. The van der Waals surface area contributed by atoms with Crippen LogP contribution in [-0.2, 0) is 4.74 Å². The van der Waals surface area contributed by atoms with Gasteiger partial charge in [-0.15, -0.1) is 20.7 Å². The Morgan fingerprint density at radius 1 is 1.75 bits per heavy atom. The average Bonchev–Trinajstić information content (AvgIpc) is 2.83. The zero-order valence-electron chi connectivity index (χ0n) is 6.56. The number of ether oxygens (including phenoxy) is 1. The number of H-pyrrole nitrogens is 1. The molecule has 2 rings (SSSR count). The molecule has 0 aliphatic carbocycles. The number of aromatic amines is 1. The molecule has 0 fully saturated rings.